The van der Waals surface area contributed by atoms with Crippen molar-refractivity contribution in [1.29, 1.82) is 10.7 Å². The maximum atomic E-state index is 12.6. The maximum absolute atomic E-state index is 12.6. The monoisotopic (exact) mass is 768 g/mol. The summed E-state index contributed by atoms with van der Waals surface area (Å²) in [5.41, 5.74) is 6.86. The largest absolute Gasteiger partial charge is 0.497 e. The average molecular weight is 769 g/mol. The average Bonchev–Trinajstić information content (AvgIpc) is 3.74. The van der Waals surface area contributed by atoms with Crippen LogP contribution in [0, 0.1) is 16.7 Å². The fourth-order valence-electron chi connectivity index (χ4n) is 6.41. The number of nitriles is 1. The number of aromatic nitrogens is 2. The third-order valence-electron chi connectivity index (χ3n) is 9.26. The Kier molecular flexibility index (Phi) is 13.8. The molecule has 2 aromatic heterocycles. The van der Waals surface area contributed by atoms with Crippen LogP contribution in [0.15, 0.2) is 53.5 Å². The number of nitrogens with zero attached hydrogens (tertiary/aromatic N) is 3. The Morgan fingerprint density at radius 1 is 1.09 bits per heavy atom. The van der Waals surface area contributed by atoms with Crippen LogP contribution in [0.1, 0.15) is 62.8 Å². The van der Waals surface area contributed by atoms with Gasteiger partial charge in [0.25, 0.3) is 0 Å². The van der Waals surface area contributed by atoms with E-state index in [1.54, 1.807) is 7.11 Å². The Morgan fingerprint density at radius 2 is 1.81 bits per heavy atom. The van der Waals surface area contributed by atoms with Crippen molar-refractivity contribution in [3.05, 3.63) is 64.9 Å². The number of H-pyrrole nitrogens is 1. The van der Waals surface area contributed by atoms with Gasteiger partial charge < -0.3 is 40.6 Å². The molecule has 0 bridgehead atoms. The number of methoxy groups -OCH3 is 1. The molecule has 9 N–H and O–H groups in total. The molecule has 0 amide bonds. The highest BCUT2D eigenvalue weighted by Gasteiger charge is 2.57. The summed E-state index contributed by atoms with van der Waals surface area (Å²) in [6.07, 6.45) is 4.09. The van der Waals surface area contributed by atoms with E-state index in [9.17, 15) is 24.9 Å². The number of unbranched alkanes of at least 4 members (excludes halogenated alkanes) is 7. The first-order chi connectivity index (χ1) is 25.5. The smallest absolute Gasteiger partial charge is 0.403 e. The van der Waals surface area contributed by atoms with Gasteiger partial charge in [0, 0.05) is 28.9 Å². The third kappa shape index (κ3) is 9.72. The van der Waals surface area contributed by atoms with Gasteiger partial charge in [-0.2, -0.15) is 5.26 Å². The Morgan fingerprint density at radius 3 is 2.51 bits per heavy atom. The molecule has 17 heteroatoms. The highest BCUT2D eigenvalue weighted by molar-refractivity contribution is 7.50. The number of amidine groups is 1. The van der Waals surface area contributed by atoms with Crippen molar-refractivity contribution in [2.75, 3.05) is 32.1 Å². The summed E-state index contributed by atoms with van der Waals surface area (Å²) < 4.78 is 28.9. The van der Waals surface area contributed by atoms with Gasteiger partial charge in [0.15, 0.2) is 0 Å². The van der Waals surface area contributed by atoms with E-state index < -0.39 is 38.3 Å². The van der Waals surface area contributed by atoms with Crippen LogP contribution in [0.4, 0.5) is 5.69 Å². The predicted molar refractivity (Wildman–Crippen MR) is 204 cm³/mol. The molecular weight excluding hydrogens is 723 g/mol. The van der Waals surface area contributed by atoms with E-state index >= 15 is 0 Å². The summed E-state index contributed by atoms with van der Waals surface area (Å²) in [5.74, 6) is 0.744. The second-order valence-electron chi connectivity index (χ2n) is 12.9. The molecule has 5 rings (SSSR count). The quantitative estimate of drug-likeness (QED) is 0.0183. The molecular formula is C36H46ClN8O7P. The lowest BCUT2D eigenvalue weighted by molar-refractivity contribution is -0.0611. The molecule has 4 aromatic rings. The Hall–Kier alpha value is -4.10. The number of halogens is 1. The molecule has 0 saturated carbocycles. The Balaban J connectivity index is 0.968. The molecule has 1 unspecified atom stereocenters. The lowest BCUT2D eigenvalue weighted by Gasteiger charge is -2.23. The summed E-state index contributed by atoms with van der Waals surface area (Å²) in [7, 11) is -2.60. The van der Waals surface area contributed by atoms with Crippen molar-refractivity contribution in [2.24, 2.45) is 10.7 Å². The van der Waals surface area contributed by atoms with E-state index in [1.165, 1.54) is 12.1 Å². The van der Waals surface area contributed by atoms with E-state index in [2.05, 4.69) is 20.4 Å². The van der Waals surface area contributed by atoms with E-state index in [1.807, 2.05) is 42.5 Å². The third-order valence-corrected chi connectivity index (χ3v) is 10.6. The van der Waals surface area contributed by atoms with Gasteiger partial charge >= 0.3 is 7.75 Å². The molecule has 1 fully saturated rings. The Labute approximate surface area is 312 Å². The molecule has 3 heterocycles. The summed E-state index contributed by atoms with van der Waals surface area (Å²) in [6, 6.07) is 16.4. The van der Waals surface area contributed by atoms with Gasteiger partial charge in [-0.05, 0) is 61.4 Å². The molecule has 2 aromatic carbocycles. The van der Waals surface area contributed by atoms with Gasteiger partial charge in [-0.15, -0.1) is 0 Å². The van der Waals surface area contributed by atoms with Crippen LogP contribution >= 0.6 is 19.3 Å². The molecule has 1 aliphatic heterocycles. The predicted octanol–water partition coefficient (Wildman–Crippen LogP) is 5.47. The molecule has 15 nitrogen and oxygen atoms in total. The number of aliphatic hydroxyl groups is 2. The number of fused-ring (bicyclic) bond motifs is 2. The van der Waals surface area contributed by atoms with E-state index in [0.29, 0.717) is 11.4 Å². The fourth-order valence-corrected chi connectivity index (χ4v) is 7.46. The molecule has 0 aliphatic carbocycles. The number of aliphatic imine (C=N–C) groups is 1. The van der Waals surface area contributed by atoms with Crippen LogP contribution in [0.25, 0.3) is 21.8 Å². The highest BCUT2D eigenvalue weighted by atomic mass is 35.5. The van der Waals surface area contributed by atoms with Crippen molar-refractivity contribution in [2.45, 2.75) is 75.3 Å². The van der Waals surface area contributed by atoms with E-state index in [-0.39, 0.29) is 23.8 Å². The van der Waals surface area contributed by atoms with Gasteiger partial charge in [0.2, 0.25) is 5.60 Å². The molecule has 284 valence electrons. The molecule has 1 saturated heterocycles. The van der Waals surface area contributed by atoms with Gasteiger partial charge in [0.05, 0.1) is 41.8 Å². The molecule has 1 aliphatic rings. The molecule has 53 heavy (non-hydrogen) atoms. The zero-order valence-electron chi connectivity index (χ0n) is 29.4. The Bertz CT molecular complexity index is 2010. The van der Waals surface area contributed by atoms with Gasteiger partial charge in [-0.3, -0.25) is 9.93 Å². The number of ether oxygens (including phenoxy) is 2. The van der Waals surface area contributed by atoms with E-state index in [0.717, 1.165) is 91.1 Å². The minimum atomic E-state index is -4.25. The van der Waals surface area contributed by atoms with Crippen LogP contribution in [0.5, 0.6) is 5.75 Å². The van der Waals surface area contributed by atoms with Crippen LogP contribution in [-0.4, -0.2) is 82.4 Å². The van der Waals surface area contributed by atoms with Gasteiger partial charge in [-0.1, -0.05) is 50.1 Å². The van der Waals surface area contributed by atoms with Crippen molar-refractivity contribution in [3.63, 3.8) is 0 Å². The van der Waals surface area contributed by atoms with Crippen molar-refractivity contribution in [3.8, 4) is 11.8 Å². The maximum Gasteiger partial charge on any atom is 0.403 e. The highest BCUT2D eigenvalue weighted by Crippen LogP contribution is 2.43. The molecule has 5 atom stereocenters. The van der Waals surface area contributed by atoms with Crippen LogP contribution < -0.4 is 20.9 Å². The number of pyridine rings is 1. The zero-order chi connectivity index (χ0) is 38.0. The summed E-state index contributed by atoms with van der Waals surface area (Å²) in [5, 5.41) is 47.1. The molecule has 0 spiro atoms. The topological polar surface area (TPSA) is 244 Å². The number of nitrogens with one attached hydrogen (secondary N) is 4. The van der Waals surface area contributed by atoms with Crippen LogP contribution in [0.2, 0.25) is 5.02 Å². The number of aromatic amines is 1. The number of benzene rings is 2. The number of hydrogen-bond donors (Lipinski definition) is 8. The number of nitrogens with two attached hydrogens (primary N) is 1. The summed E-state index contributed by atoms with van der Waals surface area (Å²) in [4.78, 5) is 21.5. The minimum absolute atomic E-state index is 0.0292. The fraction of sp³-hybridized carbons (Fsp3) is 0.444. The van der Waals surface area contributed by atoms with Crippen molar-refractivity contribution in [1.82, 2.24) is 15.1 Å². The van der Waals surface area contributed by atoms with Crippen LogP contribution in [0.3, 0.4) is 0 Å². The van der Waals surface area contributed by atoms with Gasteiger partial charge in [-0.25, -0.2) is 19.6 Å². The summed E-state index contributed by atoms with van der Waals surface area (Å²) in [6.45, 7) is 0.515. The lowest BCUT2D eigenvalue weighted by atomic mass is 9.93. The van der Waals surface area contributed by atoms with E-state index in [4.69, 9.17) is 41.7 Å². The first kappa shape index (κ1) is 40.1. The minimum Gasteiger partial charge on any atom is -0.497 e. The first-order valence-electron chi connectivity index (χ1n) is 17.5. The normalized spacial score (nSPS) is 21.4. The summed E-state index contributed by atoms with van der Waals surface area (Å²) >= 11 is 6.24. The number of aliphatic hydroxyl groups excluding tert-OH is 2. The van der Waals surface area contributed by atoms with Crippen molar-refractivity contribution < 1.29 is 33.7 Å². The molecule has 0 radical (unpaired) electrons. The number of rotatable bonds is 20. The number of anilines is 1. The zero-order valence-corrected chi connectivity index (χ0v) is 31.1. The second-order valence-corrected chi connectivity index (χ2v) is 14.9. The lowest BCUT2D eigenvalue weighted by Crippen LogP contribution is -2.40. The van der Waals surface area contributed by atoms with Crippen molar-refractivity contribution >= 4 is 59.0 Å². The van der Waals surface area contributed by atoms with Crippen LogP contribution in [-0.2, 0) is 19.4 Å². The first-order valence-corrected chi connectivity index (χ1v) is 19.5. The standard InChI is InChI=1S/C36H46ClN8O7P/c1-50-24-11-13-27-26(19-24)32(25-12-10-23(37)18-29(25)44-27)41-16-8-6-4-2-3-5-7-9-17-43-53(48,49)51-20-30-33(46)34(47)36(21-38,52-30)31-15-14-28(45-31)35(40)42-22-39/h10-15,18-19,22,30,33-34,45-47H,2-9,16-17,20H2,1H3,(H,41,44)(H3,39,40,42)(H2,43,48,49)/t30-,33-,34-,36+/m1/s1. The second kappa shape index (κ2) is 18.3. The SMILES string of the molecule is COc1ccc2nc3cc(Cl)ccc3c(NCCCCCCCCCCNP(=O)(O)OC[C@H]3O[C@@](C#N)(c4ccc(/C(N)=N\C=N)[nH]4)[C@H](O)[C@@H]3O)c2c1. The van der Waals surface area contributed by atoms with Gasteiger partial charge in [0.1, 0.15) is 42.3 Å². The number of hydrogen-bond acceptors (Lipinski definition) is 10.